The molecule has 0 spiro atoms. The maximum atomic E-state index is 12.6. The smallest absolute Gasteiger partial charge is 0.410 e. The average molecular weight is 642 g/mol. The van der Waals surface area contributed by atoms with Gasteiger partial charge in [-0.2, -0.15) is 0 Å². The Balaban J connectivity index is 0.000000218. The molecule has 0 aliphatic carbocycles. The van der Waals surface area contributed by atoms with Gasteiger partial charge in [-0.25, -0.2) is 9.59 Å². The summed E-state index contributed by atoms with van der Waals surface area (Å²) in [6.07, 6.45) is 6.48. The van der Waals surface area contributed by atoms with Crippen LogP contribution in [0.4, 0.5) is 9.59 Å². The minimum Gasteiger partial charge on any atom is -0.444 e. The molecular weight excluding hydrogens is 586 g/mol. The zero-order valence-corrected chi connectivity index (χ0v) is 29.0. The van der Waals surface area contributed by atoms with Crippen LogP contribution in [-0.4, -0.2) is 64.3 Å². The number of rotatable bonds is 7. The first kappa shape index (κ1) is 36.0. The van der Waals surface area contributed by atoms with Gasteiger partial charge >= 0.3 is 12.1 Å². The molecular formula is C40H55N3O4. The number of urea groups is 1. The third-order valence-corrected chi connectivity index (χ3v) is 9.51. The fourth-order valence-corrected chi connectivity index (χ4v) is 6.83. The quantitative estimate of drug-likeness (QED) is 0.255. The summed E-state index contributed by atoms with van der Waals surface area (Å²) < 4.78 is 5.45. The number of hydrogen-bond acceptors (Lipinski definition) is 4. The highest BCUT2D eigenvalue weighted by Gasteiger charge is 2.44. The van der Waals surface area contributed by atoms with E-state index in [1.807, 2.05) is 69.0 Å². The molecule has 2 heterocycles. The van der Waals surface area contributed by atoms with Crippen molar-refractivity contribution in [2.45, 2.75) is 109 Å². The van der Waals surface area contributed by atoms with Crippen molar-refractivity contribution in [3.05, 3.63) is 108 Å². The molecule has 7 heteroatoms. The highest BCUT2D eigenvalue weighted by molar-refractivity contribution is 5.74. The lowest BCUT2D eigenvalue weighted by atomic mass is 9.80. The molecule has 0 bridgehead atoms. The Bertz CT molecular complexity index is 1380. The monoisotopic (exact) mass is 641 g/mol. The van der Waals surface area contributed by atoms with Gasteiger partial charge in [0.1, 0.15) is 11.2 Å². The third kappa shape index (κ3) is 10.1. The highest BCUT2D eigenvalue weighted by atomic mass is 16.6. The number of carbonyl (C=O) groups is 2. The largest absolute Gasteiger partial charge is 0.444 e. The third-order valence-electron chi connectivity index (χ3n) is 9.51. The lowest BCUT2D eigenvalue weighted by Gasteiger charge is -2.45. The zero-order valence-electron chi connectivity index (χ0n) is 29.0. The van der Waals surface area contributed by atoms with E-state index in [1.165, 1.54) is 11.1 Å². The molecule has 7 nitrogen and oxygen atoms in total. The van der Waals surface area contributed by atoms with Crippen LogP contribution in [0.3, 0.4) is 0 Å². The second-order valence-corrected chi connectivity index (χ2v) is 14.0. The zero-order chi connectivity index (χ0) is 33.9. The first-order valence-corrected chi connectivity index (χ1v) is 17.4. The van der Waals surface area contributed by atoms with Gasteiger partial charge in [0.15, 0.2) is 0 Å². The fourth-order valence-electron chi connectivity index (χ4n) is 6.83. The maximum Gasteiger partial charge on any atom is 0.410 e. The standard InChI is InChI=1S/C23H30N2O.C17H25NO3/c1-19-22(21-14-6-3-7-15-21)16-10-18-25(19)23(26)24-17-9-8-13-20-11-4-2-5-12-20;1-13-17(20,14-9-6-5-7-10-14)11-8-12-18(13)15(19)21-16(2,3)4/h2-7,11-12,14-15,19,22H,8-10,13,16-18H2,1H3,(H,24,26);5-7,9-10,13,20H,8,11-12H2,1-4H3. The van der Waals surface area contributed by atoms with Gasteiger partial charge in [-0.15, -0.1) is 0 Å². The molecule has 2 aliphatic heterocycles. The van der Waals surface area contributed by atoms with Gasteiger partial charge < -0.3 is 25.0 Å². The van der Waals surface area contributed by atoms with Crippen LogP contribution < -0.4 is 5.32 Å². The molecule has 5 rings (SSSR count). The molecule has 47 heavy (non-hydrogen) atoms. The molecule has 0 radical (unpaired) electrons. The summed E-state index contributed by atoms with van der Waals surface area (Å²) in [6.45, 7) is 11.9. The normalized spacial score (nSPS) is 22.9. The summed E-state index contributed by atoms with van der Waals surface area (Å²) in [5.41, 5.74) is 2.02. The van der Waals surface area contributed by atoms with E-state index in [0.29, 0.717) is 18.9 Å². The minimum absolute atomic E-state index is 0.0952. The number of unbranched alkanes of at least 4 members (excludes halogenated alkanes) is 1. The van der Waals surface area contributed by atoms with Gasteiger partial charge in [0.05, 0.1) is 6.04 Å². The van der Waals surface area contributed by atoms with Crippen molar-refractivity contribution < 1.29 is 19.4 Å². The van der Waals surface area contributed by atoms with E-state index in [9.17, 15) is 14.7 Å². The molecule has 2 fully saturated rings. The number of aliphatic hydroxyl groups is 1. The number of benzene rings is 3. The molecule has 4 atom stereocenters. The van der Waals surface area contributed by atoms with Crippen LogP contribution >= 0.6 is 0 Å². The fraction of sp³-hybridized carbons (Fsp3) is 0.500. The first-order chi connectivity index (χ1) is 22.5. The lowest BCUT2D eigenvalue weighted by molar-refractivity contribution is -0.0826. The van der Waals surface area contributed by atoms with Crippen LogP contribution in [0.2, 0.25) is 0 Å². The number of piperidine rings is 2. The summed E-state index contributed by atoms with van der Waals surface area (Å²) in [6, 6.07) is 30.7. The van der Waals surface area contributed by atoms with Crippen molar-refractivity contribution in [3.8, 4) is 0 Å². The highest BCUT2D eigenvalue weighted by Crippen LogP contribution is 2.37. The molecule has 0 saturated carbocycles. The minimum atomic E-state index is -1.02. The van der Waals surface area contributed by atoms with E-state index in [-0.39, 0.29) is 24.2 Å². The summed E-state index contributed by atoms with van der Waals surface area (Å²) in [7, 11) is 0. The van der Waals surface area contributed by atoms with E-state index in [4.69, 9.17) is 4.74 Å². The van der Waals surface area contributed by atoms with Crippen LogP contribution in [0.15, 0.2) is 91.0 Å². The number of nitrogens with zero attached hydrogens (tertiary/aromatic N) is 2. The predicted octanol–water partition coefficient (Wildman–Crippen LogP) is 8.28. The molecule has 0 aromatic heterocycles. The SMILES string of the molecule is CC1C(c2ccccc2)CCCN1C(=O)NCCCCc1ccccc1.CC1N(C(=O)OC(C)(C)C)CCCC1(O)c1ccccc1. The van der Waals surface area contributed by atoms with Crippen molar-refractivity contribution in [1.82, 2.24) is 15.1 Å². The molecule has 2 aliphatic rings. The second-order valence-electron chi connectivity index (χ2n) is 14.0. The Morgan fingerprint density at radius 3 is 2.09 bits per heavy atom. The predicted molar refractivity (Wildman–Crippen MR) is 189 cm³/mol. The summed E-state index contributed by atoms with van der Waals surface area (Å²) >= 11 is 0. The Labute approximate surface area is 282 Å². The molecule has 3 aromatic rings. The Morgan fingerprint density at radius 1 is 0.851 bits per heavy atom. The molecule has 3 aromatic carbocycles. The number of nitrogens with one attached hydrogen (secondary N) is 1. The van der Waals surface area contributed by atoms with Crippen molar-refractivity contribution in [1.29, 1.82) is 0 Å². The number of aryl methyl sites for hydroxylation is 1. The van der Waals surface area contributed by atoms with Crippen LogP contribution in [0.5, 0.6) is 0 Å². The maximum absolute atomic E-state index is 12.6. The van der Waals surface area contributed by atoms with E-state index < -0.39 is 11.2 Å². The summed E-state index contributed by atoms with van der Waals surface area (Å²) in [5, 5.41) is 14.2. The van der Waals surface area contributed by atoms with E-state index in [2.05, 4.69) is 66.8 Å². The molecule has 2 saturated heterocycles. The van der Waals surface area contributed by atoms with Gasteiger partial charge in [0, 0.05) is 31.6 Å². The molecule has 254 valence electrons. The Kier molecular flexibility index (Phi) is 12.9. The summed E-state index contributed by atoms with van der Waals surface area (Å²) in [5.74, 6) is 0.439. The van der Waals surface area contributed by atoms with Gasteiger partial charge in [-0.1, -0.05) is 91.0 Å². The van der Waals surface area contributed by atoms with E-state index in [0.717, 1.165) is 57.2 Å². The molecule has 2 N–H and O–H groups in total. The van der Waals surface area contributed by atoms with Crippen molar-refractivity contribution in [2.24, 2.45) is 0 Å². The van der Waals surface area contributed by atoms with Crippen molar-refractivity contribution in [3.63, 3.8) is 0 Å². The van der Waals surface area contributed by atoms with Gasteiger partial charge in [0.2, 0.25) is 0 Å². The lowest BCUT2D eigenvalue weighted by Crippen LogP contribution is -2.56. The van der Waals surface area contributed by atoms with Crippen LogP contribution in [0, 0.1) is 0 Å². The number of carbonyl (C=O) groups excluding carboxylic acids is 2. The Morgan fingerprint density at radius 2 is 1.45 bits per heavy atom. The molecule has 4 unspecified atom stereocenters. The van der Waals surface area contributed by atoms with Crippen LogP contribution in [0.25, 0.3) is 0 Å². The number of hydrogen-bond donors (Lipinski definition) is 2. The van der Waals surface area contributed by atoms with E-state index >= 15 is 0 Å². The topological polar surface area (TPSA) is 82.1 Å². The van der Waals surface area contributed by atoms with E-state index in [1.54, 1.807) is 4.90 Å². The van der Waals surface area contributed by atoms with Crippen LogP contribution in [-0.2, 0) is 16.8 Å². The average Bonchev–Trinajstić information content (AvgIpc) is 3.06. The Hall–Kier alpha value is -3.84. The summed E-state index contributed by atoms with van der Waals surface area (Å²) in [4.78, 5) is 28.6. The number of ether oxygens (including phenoxy) is 1. The first-order valence-electron chi connectivity index (χ1n) is 17.4. The van der Waals surface area contributed by atoms with Gasteiger partial charge in [-0.3, -0.25) is 0 Å². The van der Waals surface area contributed by atoms with Gasteiger partial charge in [0.25, 0.3) is 0 Å². The second kappa shape index (κ2) is 16.8. The number of amides is 3. The van der Waals surface area contributed by atoms with Crippen LogP contribution in [0.1, 0.15) is 95.8 Å². The van der Waals surface area contributed by atoms with Crippen molar-refractivity contribution >= 4 is 12.1 Å². The molecule has 3 amide bonds. The number of likely N-dealkylation sites (tertiary alicyclic amines) is 2. The van der Waals surface area contributed by atoms with Crippen molar-refractivity contribution in [2.75, 3.05) is 19.6 Å². The van der Waals surface area contributed by atoms with Gasteiger partial charge in [-0.05, 0) is 96.3 Å².